The first-order valence-electron chi connectivity index (χ1n) is 4.44. The van der Waals surface area contributed by atoms with Crippen LogP contribution < -0.4 is 11.5 Å². The number of ether oxygens (including phenoxy) is 2. The lowest BCUT2D eigenvalue weighted by Gasteiger charge is -2.10. The summed E-state index contributed by atoms with van der Waals surface area (Å²) in [5.41, 5.74) is 11.0. The van der Waals surface area contributed by atoms with Crippen molar-refractivity contribution >= 4 is 33.5 Å². The van der Waals surface area contributed by atoms with E-state index in [1.54, 1.807) is 0 Å². The van der Waals surface area contributed by atoms with E-state index >= 15 is 0 Å². The fourth-order valence-electron chi connectivity index (χ4n) is 0.682. The molecule has 18 heavy (non-hydrogen) atoms. The van der Waals surface area contributed by atoms with Crippen LogP contribution in [0.4, 0.5) is 0 Å². The third-order valence-electron chi connectivity index (χ3n) is 1.59. The molecule has 0 rings (SSSR count). The van der Waals surface area contributed by atoms with Gasteiger partial charge in [-0.3, -0.25) is 9.59 Å². The monoisotopic (exact) mass is 304 g/mol. The Bertz CT molecular complexity index is 220. The average molecular weight is 304 g/mol. The van der Waals surface area contributed by atoms with E-state index < -0.39 is 24.0 Å². The van der Waals surface area contributed by atoms with Crippen LogP contribution in [-0.2, 0) is 19.1 Å². The molecule has 0 radical (unpaired) electrons. The number of hydrogen-bond acceptors (Lipinski definition) is 8. The summed E-state index contributed by atoms with van der Waals surface area (Å²) in [6, 6.07) is -1.31. The van der Waals surface area contributed by atoms with E-state index in [0.29, 0.717) is 11.5 Å². The van der Waals surface area contributed by atoms with Gasteiger partial charge in [0.25, 0.3) is 0 Å². The molecule has 0 heterocycles. The number of methoxy groups -OCH3 is 2. The molecule has 10 heteroatoms. The summed E-state index contributed by atoms with van der Waals surface area (Å²) in [4.78, 5) is 21.9. The van der Waals surface area contributed by atoms with Gasteiger partial charge in [-0.2, -0.15) is 0 Å². The molecule has 0 saturated carbocycles. The normalized spacial score (nSPS) is 12.4. The Hall–Kier alpha value is -0.520. The van der Waals surface area contributed by atoms with E-state index in [4.69, 9.17) is 11.5 Å². The summed E-state index contributed by atoms with van der Waals surface area (Å²) in [6.45, 7) is 0. The highest BCUT2D eigenvalue weighted by molar-refractivity contribution is 8.76. The molecule has 0 spiro atoms. The molecule has 0 unspecified atom stereocenters. The number of carbonyl (C=O) groups excluding carboxylic acids is 2. The van der Waals surface area contributed by atoms with Crippen molar-refractivity contribution in [2.45, 2.75) is 12.1 Å². The van der Waals surface area contributed by atoms with E-state index in [1.165, 1.54) is 35.8 Å². The summed E-state index contributed by atoms with van der Waals surface area (Å²) in [5, 5.41) is 0. The Morgan fingerprint density at radius 3 is 1.44 bits per heavy atom. The molecule has 0 fully saturated rings. The van der Waals surface area contributed by atoms with Gasteiger partial charge in [0.2, 0.25) is 0 Å². The van der Waals surface area contributed by atoms with Gasteiger partial charge < -0.3 is 31.9 Å². The fourth-order valence-corrected chi connectivity index (χ4v) is 2.90. The topological polar surface area (TPSA) is 168 Å². The third-order valence-corrected chi connectivity index (χ3v) is 4.06. The fraction of sp³-hybridized carbons (Fsp3) is 0.750. The molecule has 0 amide bonds. The second-order valence-electron chi connectivity index (χ2n) is 2.83. The van der Waals surface area contributed by atoms with E-state index in [9.17, 15) is 9.59 Å². The Labute approximate surface area is 113 Å². The zero-order valence-electron chi connectivity index (χ0n) is 10.2. The minimum absolute atomic E-state index is 0. The zero-order chi connectivity index (χ0) is 12.6. The van der Waals surface area contributed by atoms with Gasteiger partial charge in [-0.1, -0.05) is 21.6 Å². The molecule has 0 saturated heterocycles. The molecular formula is C8H20N2O6S2. The largest absolute Gasteiger partial charge is 0.468 e. The Balaban J connectivity index is -0.00000112. The number of hydrogen-bond donors (Lipinski definition) is 2. The molecule has 2 atom stereocenters. The number of rotatable bonds is 7. The first-order chi connectivity index (χ1) is 7.52. The highest BCUT2D eigenvalue weighted by atomic mass is 33.1. The van der Waals surface area contributed by atoms with Gasteiger partial charge in [0.05, 0.1) is 14.2 Å². The van der Waals surface area contributed by atoms with Crippen LogP contribution in [0.2, 0.25) is 0 Å². The van der Waals surface area contributed by atoms with Crippen LogP contribution in [0.5, 0.6) is 0 Å². The van der Waals surface area contributed by atoms with Crippen LogP contribution in [-0.4, -0.2) is 60.7 Å². The van der Waals surface area contributed by atoms with Gasteiger partial charge >= 0.3 is 11.9 Å². The summed E-state index contributed by atoms with van der Waals surface area (Å²) < 4.78 is 8.92. The van der Waals surface area contributed by atoms with Crippen LogP contribution in [0.3, 0.4) is 0 Å². The summed E-state index contributed by atoms with van der Waals surface area (Å²) in [5.74, 6) is -0.0908. The maximum absolute atomic E-state index is 10.9. The van der Waals surface area contributed by atoms with E-state index in [2.05, 4.69) is 9.47 Å². The molecular weight excluding hydrogens is 284 g/mol. The van der Waals surface area contributed by atoms with Gasteiger partial charge in [-0.05, 0) is 0 Å². The van der Waals surface area contributed by atoms with Crippen molar-refractivity contribution in [3.05, 3.63) is 0 Å². The molecule has 0 aliphatic rings. The quantitative estimate of drug-likeness (QED) is 0.301. The van der Waals surface area contributed by atoms with E-state index in [1.807, 2.05) is 0 Å². The van der Waals surface area contributed by atoms with Gasteiger partial charge in [-0.25, -0.2) is 0 Å². The van der Waals surface area contributed by atoms with Crippen molar-refractivity contribution in [3.8, 4) is 0 Å². The zero-order valence-corrected chi connectivity index (χ0v) is 11.8. The standard InChI is InChI=1S/C8H16N2O4S2.2H2O/c1-13-7(11)5(9)3-15-16-4-6(10)8(12)14-2;;/h5-6H,3-4,9-10H2,1-2H3;2*1H2/t5-,6-;;/m0../s1. The average Bonchev–Trinajstić information content (AvgIpc) is 2.31. The molecule has 8 nitrogen and oxygen atoms in total. The Morgan fingerprint density at radius 1 is 0.944 bits per heavy atom. The summed E-state index contributed by atoms with van der Waals surface area (Å²) in [7, 11) is 5.30. The van der Waals surface area contributed by atoms with E-state index in [0.717, 1.165) is 0 Å². The van der Waals surface area contributed by atoms with Crippen molar-refractivity contribution in [2.24, 2.45) is 11.5 Å². The van der Waals surface area contributed by atoms with Crippen LogP contribution in [0.15, 0.2) is 0 Å². The van der Waals surface area contributed by atoms with Crippen molar-refractivity contribution in [1.29, 1.82) is 0 Å². The lowest BCUT2D eigenvalue weighted by Crippen LogP contribution is -2.34. The molecule has 0 aliphatic heterocycles. The summed E-state index contributed by atoms with van der Waals surface area (Å²) >= 11 is 0. The van der Waals surface area contributed by atoms with Crippen LogP contribution in [0.25, 0.3) is 0 Å². The second-order valence-corrected chi connectivity index (χ2v) is 5.38. The Kier molecular flexibility index (Phi) is 16.3. The predicted molar refractivity (Wildman–Crippen MR) is 72.1 cm³/mol. The molecule has 0 bridgehead atoms. The highest BCUT2D eigenvalue weighted by Crippen LogP contribution is 2.22. The second kappa shape index (κ2) is 12.9. The van der Waals surface area contributed by atoms with Crippen molar-refractivity contribution in [2.75, 3.05) is 25.7 Å². The minimum atomic E-state index is -0.656. The van der Waals surface area contributed by atoms with Crippen LogP contribution in [0.1, 0.15) is 0 Å². The smallest absolute Gasteiger partial charge is 0.323 e. The van der Waals surface area contributed by atoms with Gasteiger partial charge in [0, 0.05) is 11.5 Å². The van der Waals surface area contributed by atoms with Gasteiger partial charge in [-0.15, -0.1) is 0 Å². The van der Waals surface area contributed by atoms with Crippen LogP contribution in [0, 0.1) is 0 Å². The lowest BCUT2D eigenvalue weighted by atomic mass is 10.4. The summed E-state index contributed by atoms with van der Waals surface area (Å²) in [6.07, 6.45) is 0. The number of esters is 2. The van der Waals surface area contributed by atoms with Gasteiger partial charge in [0.15, 0.2) is 0 Å². The molecule has 8 N–H and O–H groups in total. The van der Waals surface area contributed by atoms with E-state index in [-0.39, 0.29) is 11.0 Å². The third kappa shape index (κ3) is 9.50. The number of nitrogens with two attached hydrogens (primary N) is 2. The lowest BCUT2D eigenvalue weighted by molar-refractivity contribution is -0.142. The Morgan fingerprint density at radius 2 is 1.22 bits per heavy atom. The SMILES string of the molecule is COC(=O)[C@@H](N)CSSC[C@H](N)C(=O)OC.O.O. The predicted octanol–water partition coefficient (Wildman–Crippen LogP) is -2.28. The molecule has 0 aromatic carbocycles. The number of carbonyl (C=O) groups is 2. The van der Waals surface area contributed by atoms with Crippen LogP contribution >= 0.6 is 21.6 Å². The minimum Gasteiger partial charge on any atom is -0.468 e. The molecule has 110 valence electrons. The molecule has 0 aromatic heterocycles. The molecule has 0 aromatic rings. The van der Waals surface area contributed by atoms with Crippen molar-refractivity contribution in [3.63, 3.8) is 0 Å². The van der Waals surface area contributed by atoms with Crippen molar-refractivity contribution < 1.29 is 30.0 Å². The maximum Gasteiger partial charge on any atom is 0.323 e. The highest BCUT2D eigenvalue weighted by Gasteiger charge is 2.16. The maximum atomic E-state index is 10.9. The van der Waals surface area contributed by atoms with Crippen molar-refractivity contribution in [1.82, 2.24) is 0 Å². The first-order valence-corrected chi connectivity index (χ1v) is 6.93. The van der Waals surface area contributed by atoms with Gasteiger partial charge in [0.1, 0.15) is 12.1 Å². The molecule has 0 aliphatic carbocycles. The first kappa shape index (κ1) is 22.6.